The van der Waals surface area contributed by atoms with E-state index in [0.717, 1.165) is 30.8 Å². The van der Waals surface area contributed by atoms with Gasteiger partial charge in [-0.1, -0.05) is 0 Å². The highest BCUT2D eigenvalue weighted by atomic mass is 16.1. The van der Waals surface area contributed by atoms with E-state index in [1.165, 1.54) is 5.69 Å². The van der Waals surface area contributed by atoms with Crippen LogP contribution in [0.3, 0.4) is 0 Å². The first-order valence-corrected chi connectivity index (χ1v) is 6.33. The van der Waals surface area contributed by atoms with Crippen molar-refractivity contribution in [1.29, 1.82) is 0 Å². The van der Waals surface area contributed by atoms with Crippen LogP contribution in [-0.2, 0) is 26.6 Å². The minimum Gasteiger partial charge on any atom is -0.369 e. The Morgan fingerprint density at radius 2 is 2.37 bits per heavy atom. The summed E-state index contributed by atoms with van der Waals surface area (Å²) in [5.41, 5.74) is 8.27. The lowest BCUT2D eigenvalue weighted by Crippen LogP contribution is -2.35. The zero-order valence-electron chi connectivity index (χ0n) is 10.9. The second-order valence-corrected chi connectivity index (χ2v) is 4.95. The number of H-pyrrole nitrogens is 1. The third kappa shape index (κ3) is 2.26. The van der Waals surface area contributed by atoms with Crippen LogP contribution >= 0.6 is 0 Å². The van der Waals surface area contributed by atoms with Crippen molar-refractivity contribution >= 4 is 5.95 Å². The van der Waals surface area contributed by atoms with Crippen molar-refractivity contribution in [2.75, 3.05) is 12.3 Å². The average molecular weight is 259 g/mol. The molecule has 3 heterocycles. The molecule has 0 aliphatic carbocycles. The molecule has 0 aromatic carbocycles. The molecule has 0 atom stereocenters. The maximum absolute atomic E-state index is 11.9. The molecule has 0 spiro atoms. The normalized spacial score (nSPS) is 15.4. The number of anilines is 1. The summed E-state index contributed by atoms with van der Waals surface area (Å²) in [5.74, 6) is 0.208. The number of nitrogens with zero attached hydrogens (tertiary/aromatic N) is 3. The van der Waals surface area contributed by atoms with Crippen LogP contribution in [0.4, 0.5) is 5.95 Å². The minimum atomic E-state index is -0.112. The second-order valence-electron chi connectivity index (χ2n) is 4.95. The molecule has 0 saturated heterocycles. The zero-order valence-corrected chi connectivity index (χ0v) is 10.9. The lowest BCUT2D eigenvalue weighted by molar-refractivity contribution is 0.237. The molecule has 0 bridgehead atoms. The number of hydrogen-bond donors (Lipinski definition) is 2. The van der Waals surface area contributed by atoms with Gasteiger partial charge >= 0.3 is 0 Å². The van der Waals surface area contributed by atoms with Crippen molar-refractivity contribution in [1.82, 2.24) is 19.4 Å². The van der Waals surface area contributed by atoms with Gasteiger partial charge in [0.15, 0.2) is 0 Å². The molecule has 100 valence electrons. The summed E-state index contributed by atoms with van der Waals surface area (Å²) in [4.78, 5) is 20.9. The van der Waals surface area contributed by atoms with Crippen LogP contribution in [0.5, 0.6) is 0 Å². The van der Waals surface area contributed by atoms with Crippen molar-refractivity contribution in [3.05, 3.63) is 45.6 Å². The number of nitrogens with two attached hydrogens (primary N) is 1. The highest BCUT2D eigenvalue weighted by molar-refractivity contribution is 5.27. The topological polar surface area (TPSA) is 79.9 Å². The van der Waals surface area contributed by atoms with Gasteiger partial charge in [-0.3, -0.25) is 14.7 Å². The monoisotopic (exact) mass is 259 g/mol. The van der Waals surface area contributed by atoms with Gasteiger partial charge in [0, 0.05) is 45.0 Å². The van der Waals surface area contributed by atoms with Crippen molar-refractivity contribution in [3.63, 3.8) is 0 Å². The molecule has 6 nitrogen and oxygen atoms in total. The molecule has 0 unspecified atom stereocenters. The standard InChI is InChI=1S/C13H17N5O/c1-17-5-2-3-9(17)7-18-6-4-11-10(8-18)12(19)16-13(14)15-11/h2-3,5H,4,6-8H2,1H3,(H3,14,15,16,19). The molecule has 0 saturated carbocycles. The summed E-state index contributed by atoms with van der Waals surface area (Å²) in [7, 11) is 2.03. The summed E-state index contributed by atoms with van der Waals surface area (Å²) < 4.78 is 2.10. The van der Waals surface area contributed by atoms with E-state index in [4.69, 9.17) is 5.73 Å². The zero-order chi connectivity index (χ0) is 13.4. The van der Waals surface area contributed by atoms with Crippen LogP contribution in [-0.4, -0.2) is 26.0 Å². The molecule has 0 radical (unpaired) electrons. The van der Waals surface area contributed by atoms with Gasteiger partial charge in [0.05, 0.1) is 11.3 Å². The van der Waals surface area contributed by atoms with Crippen LogP contribution in [0.15, 0.2) is 23.1 Å². The van der Waals surface area contributed by atoms with E-state index < -0.39 is 0 Å². The van der Waals surface area contributed by atoms with Crippen molar-refractivity contribution in [3.8, 4) is 0 Å². The van der Waals surface area contributed by atoms with Gasteiger partial charge in [-0.25, -0.2) is 4.98 Å². The van der Waals surface area contributed by atoms with E-state index in [0.29, 0.717) is 6.54 Å². The summed E-state index contributed by atoms with van der Waals surface area (Å²) in [5, 5.41) is 0. The van der Waals surface area contributed by atoms with Gasteiger partial charge in [0.25, 0.3) is 5.56 Å². The molecule has 1 aliphatic heterocycles. The first-order chi connectivity index (χ1) is 9.13. The lowest BCUT2D eigenvalue weighted by atomic mass is 10.1. The Balaban J connectivity index is 1.83. The van der Waals surface area contributed by atoms with E-state index in [2.05, 4.69) is 25.5 Å². The molecular weight excluding hydrogens is 242 g/mol. The molecule has 0 fully saturated rings. The summed E-state index contributed by atoms with van der Waals surface area (Å²) in [6.07, 6.45) is 2.80. The fourth-order valence-electron chi connectivity index (χ4n) is 2.52. The van der Waals surface area contributed by atoms with E-state index >= 15 is 0 Å². The summed E-state index contributed by atoms with van der Waals surface area (Å²) in [6.45, 7) is 2.37. The van der Waals surface area contributed by atoms with Crippen LogP contribution in [0, 0.1) is 0 Å². The molecule has 3 N–H and O–H groups in total. The Morgan fingerprint density at radius 3 is 3.11 bits per heavy atom. The quantitative estimate of drug-likeness (QED) is 0.810. The van der Waals surface area contributed by atoms with Crippen LogP contribution in [0.1, 0.15) is 17.0 Å². The predicted molar refractivity (Wildman–Crippen MR) is 72.5 cm³/mol. The fraction of sp³-hybridized carbons (Fsp3) is 0.385. The third-order valence-corrected chi connectivity index (χ3v) is 3.60. The van der Waals surface area contributed by atoms with Gasteiger partial charge in [-0.15, -0.1) is 0 Å². The van der Waals surface area contributed by atoms with Gasteiger partial charge in [-0.05, 0) is 12.1 Å². The Labute approximate surface area is 110 Å². The Kier molecular flexibility index (Phi) is 2.87. The molecule has 0 amide bonds. The molecular formula is C13H17N5O. The number of aryl methyl sites for hydroxylation is 1. The smallest absolute Gasteiger partial charge is 0.257 e. The van der Waals surface area contributed by atoms with Gasteiger partial charge in [0.2, 0.25) is 5.95 Å². The molecule has 3 rings (SSSR count). The fourth-order valence-corrected chi connectivity index (χ4v) is 2.52. The SMILES string of the molecule is Cn1cccc1CN1CCc2nc(N)[nH]c(=O)c2C1. The second kappa shape index (κ2) is 4.55. The average Bonchev–Trinajstić information content (AvgIpc) is 2.76. The number of hydrogen-bond acceptors (Lipinski definition) is 4. The Morgan fingerprint density at radius 1 is 1.53 bits per heavy atom. The van der Waals surface area contributed by atoms with Crippen molar-refractivity contribution < 1.29 is 0 Å². The van der Waals surface area contributed by atoms with Gasteiger partial charge < -0.3 is 10.3 Å². The first-order valence-electron chi connectivity index (χ1n) is 6.33. The van der Waals surface area contributed by atoms with Gasteiger partial charge in [-0.2, -0.15) is 0 Å². The van der Waals surface area contributed by atoms with Crippen molar-refractivity contribution in [2.45, 2.75) is 19.5 Å². The Hall–Kier alpha value is -2.08. The molecule has 19 heavy (non-hydrogen) atoms. The third-order valence-electron chi connectivity index (χ3n) is 3.60. The highest BCUT2D eigenvalue weighted by Gasteiger charge is 2.21. The number of nitrogen functional groups attached to an aromatic ring is 1. The minimum absolute atomic E-state index is 0.112. The van der Waals surface area contributed by atoms with E-state index in [9.17, 15) is 4.79 Å². The number of nitrogens with one attached hydrogen (secondary N) is 1. The summed E-state index contributed by atoms with van der Waals surface area (Å²) in [6, 6.07) is 4.13. The molecule has 2 aromatic rings. The predicted octanol–water partition coefficient (Wildman–Crippen LogP) is 0.249. The molecule has 1 aliphatic rings. The maximum atomic E-state index is 11.9. The van der Waals surface area contributed by atoms with E-state index in [1.807, 2.05) is 19.3 Å². The highest BCUT2D eigenvalue weighted by Crippen LogP contribution is 2.16. The van der Waals surface area contributed by atoms with Gasteiger partial charge in [0.1, 0.15) is 0 Å². The lowest BCUT2D eigenvalue weighted by Gasteiger charge is -2.27. The number of fused-ring (bicyclic) bond motifs is 1. The van der Waals surface area contributed by atoms with E-state index in [-0.39, 0.29) is 11.5 Å². The largest absolute Gasteiger partial charge is 0.369 e. The van der Waals surface area contributed by atoms with Crippen LogP contribution in [0.25, 0.3) is 0 Å². The van der Waals surface area contributed by atoms with E-state index in [1.54, 1.807) is 0 Å². The van der Waals surface area contributed by atoms with Crippen LogP contribution in [0.2, 0.25) is 0 Å². The Bertz CT molecular complexity index is 657. The maximum Gasteiger partial charge on any atom is 0.257 e. The van der Waals surface area contributed by atoms with Crippen molar-refractivity contribution in [2.24, 2.45) is 7.05 Å². The first kappa shape index (κ1) is 12.0. The number of aromatic amines is 1. The molecule has 6 heteroatoms. The molecule has 2 aromatic heterocycles. The van der Waals surface area contributed by atoms with Crippen LogP contribution < -0.4 is 11.3 Å². The summed E-state index contributed by atoms with van der Waals surface area (Å²) >= 11 is 0. The number of aromatic nitrogens is 3. The number of rotatable bonds is 2.